The van der Waals surface area contributed by atoms with Gasteiger partial charge in [-0.15, -0.1) is 11.3 Å². The molecule has 0 saturated heterocycles. The third kappa shape index (κ3) is 2.50. The minimum atomic E-state index is -0.520. The maximum absolute atomic E-state index is 10.3. The van der Waals surface area contributed by atoms with Crippen LogP contribution < -0.4 is 0 Å². The van der Waals surface area contributed by atoms with Crippen LogP contribution in [0.4, 0.5) is 0 Å². The van der Waals surface area contributed by atoms with Crippen molar-refractivity contribution in [1.82, 2.24) is 14.8 Å². The highest BCUT2D eigenvalue weighted by Crippen LogP contribution is 2.29. The van der Waals surface area contributed by atoms with Gasteiger partial charge in [0.05, 0.1) is 38.0 Å². The van der Waals surface area contributed by atoms with Gasteiger partial charge in [0.2, 0.25) is 0 Å². The fourth-order valence-electron chi connectivity index (χ4n) is 1.95. The smallest absolute Gasteiger partial charge is 0.0956 e. The lowest BCUT2D eigenvalue weighted by atomic mass is 10.1. The van der Waals surface area contributed by atoms with E-state index < -0.39 is 6.10 Å². The highest BCUT2D eigenvalue weighted by Gasteiger charge is 2.19. The predicted molar refractivity (Wildman–Crippen MR) is 75.8 cm³/mol. The van der Waals surface area contributed by atoms with Crippen molar-refractivity contribution in [2.24, 2.45) is 7.05 Å². The van der Waals surface area contributed by atoms with E-state index in [2.05, 4.69) is 32.9 Å². The van der Waals surface area contributed by atoms with Crippen molar-refractivity contribution in [3.05, 3.63) is 31.9 Å². The summed E-state index contributed by atoms with van der Waals surface area (Å²) in [6.07, 6.45) is 0.908. The quantitative estimate of drug-likeness (QED) is 0.938. The molecule has 4 nitrogen and oxygen atoms in total. The number of hydrogen-bond acceptors (Lipinski definition) is 4. The normalized spacial score (nSPS) is 12.9. The molecule has 2 heterocycles. The summed E-state index contributed by atoms with van der Waals surface area (Å²) >= 11 is 5.06. The fraction of sp³-hybridized carbons (Fsp3) is 0.500. The lowest BCUT2D eigenvalue weighted by molar-refractivity contribution is 0.178. The molecule has 2 aromatic rings. The molecule has 18 heavy (non-hydrogen) atoms. The molecule has 0 radical (unpaired) electrons. The second-order valence-corrected chi connectivity index (χ2v) is 5.89. The van der Waals surface area contributed by atoms with Crippen molar-refractivity contribution in [3.63, 3.8) is 0 Å². The highest BCUT2D eigenvalue weighted by molar-refractivity contribution is 9.10. The average molecular weight is 330 g/mol. The van der Waals surface area contributed by atoms with Crippen LogP contribution in [0.2, 0.25) is 0 Å². The molecule has 1 N–H and O–H groups in total. The Morgan fingerprint density at radius 3 is 2.78 bits per heavy atom. The second-order valence-electron chi connectivity index (χ2n) is 4.21. The number of thiazole rings is 1. The molecule has 1 unspecified atom stereocenters. The number of rotatable bonds is 4. The summed E-state index contributed by atoms with van der Waals surface area (Å²) < 4.78 is 2.84. The number of aryl methyl sites for hydroxylation is 3. The summed E-state index contributed by atoms with van der Waals surface area (Å²) in [5.41, 5.74) is 4.72. The third-order valence-corrected chi connectivity index (χ3v) is 4.92. The van der Waals surface area contributed by atoms with E-state index in [0.717, 1.165) is 32.9 Å². The van der Waals surface area contributed by atoms with Crippen LogP contribution in [0.25, 0.3) is 0 Å². The Morgan fingerprint density at radius 1 is 1.56 bits per heavy atom. The number of hydrogen-bond donors (Lipinski definition) is 1. The van der Waals surface area contributed by atoms with E-state index in [9.17, 15) is 5.11 Å². The minimum absolute atomic E-state index is 0.520. The fourth-order valence-corrected chi connectivity index (χ4v) is 3.51. The molecule has 0 aromatic carbocycles. The van der Waals surface area contributed by atoms with Gasteiger partial charge in [-0.3, -0.25) is 4.68 Å². The van der Waals surface area contributed by atoms with Crippen molar-refractivity contribution >= 4 is 27.3 Å². The van der Waals surface area contributed by atoms with Crippen LogP contribution in [0.1, 0.15) is 35.0 Å². The monoisotopic (exact) mass is 329 g/mol. The summed E-state index contributed by atoms with van der Waals surface area (Å²) in [6.45, 7) is 3.99. The lowest BCUT2D eigenvalue weighted by Gasteiger charge is -2.10. The van der Waals surface area contributed by atoms with Crippen molar-refractivity contribution < 1.29 is 5.11 Å². The van der Waals surface area contributed by atoms with E-state index in [1.807, 2.05) is 18.7 Å². The maximum Gasteiger partial charge on any atom is 0.0956 e. The van der Waals surface area contributed by atoms with Crippen LogP contribution in [-0.2, 0) is 19.9 Å². The Hall–Kier alpha value is -0.720. The van der Waals surface area contributed by atoms with Crippen LogP contribution in [-0.4, -0.2) is 19.9 Å². The number of aliphatic hydroxyl groups excluding tert-OH is 1. The van der Waals surface area contributed by atoms with Gasteiger partial charge in [-0.25, -0.2) is 4.98 Å². The van der Waals surface area contributed by atoms with Crippen molar-refractivity contribution in [3.8, 4) is 0 Å². The first-order chi connectivity index (χ1) is 8.54. The molecule has 2 aromatic heterocycles. The van der Waals surface area contributed by atoms with Crippen molar-refractivity contribution in [1.29, 1.82) is 0 Å². The molecule has 1 atom stereocenters. The minimum Gasteiger partial charge on any atom is -0.387 e. The summed E-state index contributed by atoms with van der Waals surface area (Å²) in [6, 6.07) is 0. The molecule has 0 spiro atoms. The molecule has 0 saturated carbocycles. The molecule has 0 aliphatic carbocycles. The summed E-state index contributed by atoms with van der Waals surface area (Å²) in [4.78, 5) is 5.10. The van der Waals surface area contributed by atoms with Crippen molar-refractivity contribution in [2.75, 3.05) is 0 Å². The first-order valence-corrected chi connectivity index (χ1v) is 7.50. The molecule has 0 fully saturated rings. The highest BCUT2D eigenvalue weighted by atomic mass is 79.9. The van der Waals surface area contributed by atoms with Gasteiger partial charge >= 0.3 is 0 Å². The van der Waals surface area contributed by atoms with Gasteiger partial charge in [0, 0.05) is 13.5 Å². The molecule has 0 amide bonds. The topological polar surface area (TPSA) is 50.9 Å². The van der Waals surface area contributed by atoms with Crippen LogP contribution >= 0.6 is 27.3 Å². The number of nitrogens with zero attached hydrogens (tertiary/aromatic N) is 3. The summed E-state index contributed by atoms with van der Waals surface area (Å²) in [5.74, 6) is 0. The number of aliphatic hydroxyl groups is 1. The van der Waals surface area contributed by atoms with Crippen molar-refractivity contribution in [2.45, 2.75) is 32.8 Å². The first-order valence-electron chi connectivity index (χ1n) is 5.82. The Kier molecular flexibility index (Phi) is 4.19. The van der Waals surface area contributed by atoms with E-state index in [0.29, 0.717) is 6.42 Å². The Morgan fingerprint density at radius 2 is 2.28 bits per heavy atom. The van der Waals surface area contributed by atoms with E-state index in [1.54, 1.807) is 5.51 Å². The van der Waals surface area contributed by atoms with E-state index in [4.69, 9.17) is 0 Å². The van der Waals surface area contributed by atoms with Gasteiger partial charge in [0.25, 0.3) is 0 Å². The summed E-state index contributed by atoms with van der Waals surface area (Å²) in [7, 11) is 1.91. The van der Waals surface area contributed by atoms with E-state index in [1.165, 1.54) is 11.3 Å². The maximum atomic E-state index is 10.3. The van der Waals surface area contributed by atoms with Crippen LogP contribution in [0.15, 0.2) is 9.98 Å². The van der Waals surface area contributed by atoms with Gasteiger partial charge < -0.3 is 5.11 Å². The molecule has 2 rings (SSSR count). The summed E-state index contributed by atoms with van der Waals surface area (Å²) in [5, 5.41) is 14.7. The van der Waals surface area contributed by atoms with E-state index >= 15 is 0 Å². The zero-order valence-electron chi connectivity index (χ0n) is 10.6. The SMILES string of the molecule is CCc1nn(C)c(CC(O)c2scnc2C)c1Br. The molecule has 6 heteroatoms. The third-order valence-electron chi connectivity index (χ3n) is 2.97. The van der Waals surface area contributed by atoms with Gasteiger partial charge in [0.1, 0.15) is 0 Å². The standard InChI is InChI=1S/C12H16BrN3OS/c1-4-8-11(13)9(16(3)15-8)5-10(17)12-7(2)14-6-18-12/h6,10,17H,4-5H2,1-3H3. The molecular formula is C12H16BrN3OS. The average Bonchev–Trinajstić information content (AvgIpc) is 2.87. The second kappa shape index (κ2) is 5.50. The van der Waals surface area contributed by atoms with Gasteiger partial charge in [0.15, 0.2) is 0 Å². The van der Waals surface area contributed by atoms with Gasteiger partial charge in [-0.2, -0.15) is 5.10 Å². The zero-order chi connectivity index (χ0) is 13.3. The molecular weight excluding hydrogens is 314 g/mol. The van der Waals surface area contributed by atoms with Crippen LogP contribution in [0, 0.1) is 6.92 Å². The molecule has 98 valence electrons. The molecule has 0 aliphatic heterocycles. The molecule has 0 bridgehead atoms. The lowest BCUT2D eigenvalue weighted by Crippen LogP contribution is -2.06. The van der Waals surface area contributed by atoms with E-state index in [-0.39, 0.29) is 0 Å². The largest absolute Gasteiger partial charge is 0.387 e. The number of aromatic nitrogens is 3. The number of halogens is 1. The van der Waals surface area contributed by atoms with Gasteiger partial charge in [-0.05, 0) is 29.3 Å². The predicted octanol–water partition coefficient (Wildman–Crippen LogP) is 2.79. The zero-order valence-corrected chi connectivity index (χ0v) is 13.0. The Bertz CT molecular complexity index is 550. The van der Waals surface area contributed by atoms with Crippen LogP contribution in [0.5, 0.6) is 0 Å². The molecule has 0 aliphatic rings. The van der Waals surface area contributed by atoms with Gasteiger partial charge in [-0.1, -0.05) is 6.92 Å². The Labute approximate surface area is 119 Å². The van der Waals surface area contributed by atoms with Crippen LogP contribution in [0.3, 0.4) is 0 Å². The Balaban J connectivity index is 2.24. The first kappa shape index (κ1) is 13.7.